The molecule has 40 heavy (non-hydrogen) atoms. The monoisotopic (exact) mass is 515 g/mol. The molecular weight excluding hydrogens is 480 g/mol. The average molecular weight is 516 g/mol. The van der Waals surface area contributed by atoms with Gasteiger partial charge in [-0.05, 0) is 76.5 Å². The van der Waals surface area contributed by atoms with E-state index in [1.165, 1.54) is 0 Å². The van der Waals surface area contributed by atoms with E-state index in [-0.39, 0.29) is 34.0 Å². The molecule has 8 rings (SSSR count). The van der Waals surface area contributed by atoms with Gasteiger partial charge in [0, 0.05) is 0 Å². The van der Waals surface area contributed by atoms with E-state index in [0.29, 0.717) is 16.3 Å². The highest BCUT2D eigenvalue weighted by Crippen LogP contribution is 2.46. The quantitative estimate of drug-likeness (QED) is 0.162. The summed E-state index contributed by atoms with van der Waals surface area (Å²) in [4.78, 5) is 0. The van der Waals surface area contributed by atoms with Crippen LogP contribution in [0.4, 0.5) is 0 Å². The Kier molecular flexibility index (Phi) is 3.55. The molecule has 0 bridgehead atoms. The standard InChI is InChI=1S/C40H26/c1-2-14-28(15-3-1)39-35-19-8-10-21-37(35)40(38-22-11-9-20-36(38)39)34-18-7-6-17-32(34)31-24-12-23-30-29-16-5-4-13-27(29)25-26-33(30)31/h1-26H/i1D,2D,3D,8D,10D,14D,15D,19D,21D. The zero-order valence-corrected chi connectivity index (χ0v) is 21.3. The summed E-state index contributed by atoms with van der Waals surface area (Å²) in [6.45, 7) is 0. The third-order valence-electron chi connectivity index (χ3n) is 7.68. The van der Waals surface area contributed by atoms with E-state index in [1.807, 2.05) is 54.6 Å². The highest BCUT2D eigenvalue weighted by atomic mass is 14.2. The summed E-state index contributed by atoms with van der Waals surface area (Å²) in [5, 5.41) is 5.79. The van der Waals surface area contributed by atoms with Gasteiger partial charge in [-0.1, -0.05) is 158 Å². The van der Waals surface area contributed by atoms with Crippen molar-refractivity contribution in [1.29, 1.82) is 0 Å². The Balaban J connectivity index is 1.58. The molecule has 0 fully saturated rings. The zero-order valence-electron chi connectivity index (χ0n) is 30.3. The molecule has 0 nitrogen and oxygen atoms in total. The minimum Gasteiger partial charge on any atom is -0.0622 e. The van der Waals surface area contributed by atoms with E-state index in [2.05, 4.69) is 36.4 Å². The molecule has 186 valence electrons. The van der Waals surface area contributed by atoms with Crippen molar-refractivity contribution >= 4 is 43.1 Å². The smallest absolute Gasteiger partial charge is 0.0622 e. The number of rotatable bonds is 3. The molecule has 0 unspecified atom stereocenters. The Morgan fingerprint density at radius 3 is 1.70 bits per heavy atom. The molecular formula is C40H26. The van der Waals surface area contributed by atoms with Gasteiger partial charge in [0.2, 0.25) is 0 Å². The lowest BCUT2D eigenvalue weighted by Gasteiger charge is -2.20. The minimum absolute atomic E-state index is 0.0944. The van der Waals surface area contributed by atoms with Gasteiger partial charge >= 0.3 is 0 Å². The second kappa shape index (κ2) is 9.22. The molecule has 0 aliphatic heterocycles. The Morgan fingerprint density at radius 1 is 0.325 bits per heavy atom. The predicted molar refractivity (Wildman–Crippen MR) is 173 cm³/mol. The van der Waals surface area contributed by atoms with Crippen LogP contribution in [0, 0.1) is 0 Å². The van der Waals surface area contributed by atoms with Crippen LogP contribution in [0.1, 0.15) is 12.3 Å². The second-order valence-electron chi connectivity index (χ2n) is 9.78. The van der Waals surface area contributed by atoms with E-state index < -0.39 is 42.3 Å². The largest absolute Gasteiger partial charge is 0.0629 e. The first-order valence-corrected chi connectivity index (χ1v) is 13.1. The highest BCUT2D eigenvalue weighted by Gasteiger charge is 2.19. The lowest BCUT2D eigenvalue weighted by Crippen LogP contribution is -1.93. The molecule has 0 radical (unpaired) electrons. The van der Waals surface area contributed by atoms with Crippen molar-refractivity contribution in [3.8, 4) is 33.4 Å². The van der Waals surface area contributed by atoms with Crippen LogP contribution < -0.4 is 0 Å². The summed E-state index contributed by atoms with van der Waals surface area (Å²) >= 11 is 0. The van der Waals surface area contributed by atoms with Crippen molar-refractivity contribution in [3.05, 3.63) is 158 Å². The molecule has 0 aliphatic rings. The topological polar surface area (TPSA) is 0 Å². The molecule has 0 aromatic heterocycles. The van der Waals surface area contributed by atoms with Crippen molar-refractivity contribution < 1.29 is 12.3 Å². The van der Waals surface area contributed by atoms with E-state index in [0.717, 1.165) is 38.2 Å². The van der Waals surface area contributed by atoms with Crippen LogP contribution in [0.25, 0.3) is 76.5 Å². The van der Waals surface area contributed by atoms with Crippen molar-refractivity contribution in [1.82, 2.24) is 0 Å². The number of hydrogen-bond acceptors (Lipinski definition) is 0. The third kappa shape index (κ3) is 3.47. The summed E-state index contributed by atoms with van der Waals surface area (Å²) in [6.07, 6.45) is 0. The Morgan fingerprint density at radius 2 is 0.900 bits per heavy atom. The van der Waals surface area contributed by atoms with Crippen LogP contribution in [0.2, 0.25) is 0 Å². The first kappa shape index (κ1) is 15.4. The van der Waals surface area contributed by atoms with E-state index in [9.17, 15) is 2.74 Å². The van der Waals surface area contributed by atoms with Gasteiger partial charge < -0.3 is 0 Å². The highest BCUT2D eigenvalue weighted by molar-refractivity contribution is 6.23. The van der Waals surface area contributed by atoms with Crippen LogP contribution in [0.15, 0.2) is 158 Å². The molecule has 8 aromatic carbocycles. The van der Waals surface area contributed by atoms with Crippen LogP contribution in [0.5, 0.6) is 0 Å². The van der Waals surface area contributed by atoms with Gasteiger partial charge in [0.05, 0.1) is 12.3 Å². The molecule has 0 atom stereocenters. The fraction of sp³-hybridized carbons (Fsp3) is 0. The number of hydrogen-bond donors (Lipinski definition) is 0. The molecule has 0 heteroatoms. The third-order valence-corrected chi connectivity index (χ3v) is 7.68. The SMILES string of the molecule is [2H]c1c([2H])c([2H])c(-c2c3ccccc3c(-c3ccccc3-c3cccc4c3ccc3ccccc34)c3c([2H])c([2H])c([2H])c([2H])c23)c([2H])c1[2H]. The normalized spacial score (nSPS) is 14.7. The van der Waals surface area contributed by atoms with Crippen LogP contribution >= 0.6 is 0 Å². The molecule has 0 spiro atoms. The van der Waals surface area contributed by atoms with Crippen molar-refractivity contribution in [2.45, 2.75) is 0 Å². The number of fused-ring (bicyclic) bond motifs is 5. The van der Waals surface area contributed by atoms with Gasteiger partial charge in [0.1, 0.15) is 0 Å². The molecule has 8 aromatic rings. The molecule has 0 N–H and O–H groups in total. The van der Waals surface area contributed by atoms with Gasteiger partial charge in [0.15, 0.2) is 0 Å². The minimum atomic E-state index is -0.539. The first-order valence-electron chi connectivity index (χ1n) is 17.6. The summed E-state index contributed by atoms with van der Waals surface area (Å²) in [7, 11) is 0. The van der Waals surface area contributed by atoms with Gasteiger partial charge in [-0.15, -0.1) is 0 Å². The van der Waals surface area contributed by atoms with E-state index in [1.54, 1.807) is 12.1 Å². The molecule has 0 aliphatic carbocycles. The van der Waals surface area contributed by atoms with E-state index in [4.69, 9.17) is 9.60 Å². The van der Waals surface area contributed by atoms with Crippen molar-refractivity contribution in [3.63, 3.8) is 0 Å². The van der Waals surface area contributed by atoms with Gasteiger partial charge in [-0.2, -0.15) is 0 Å². The fourth-order valence-corrected chi connectivity index (χ4v) is 6.00. The zero-order chi connectivity index (χ0) is 34.3. The second-order valence-corrected chi connectivity index (χ2v) is 9.78. The predicted octanol–water partition coefficient (Wildman–Crippen LogP) is 11.3. The average Bonchev–Trinajstić information content (AvgIpc) is 3.14. The van der Waals surface area contributed by atoms with E-state index >= 15 is 0 Å². The molecule has 0 saturated carbocycles. The lowest BCUT2D eigenvalue weighted by molar-refractivity contribution is 1.63. The summed E-state index contributed by atoms with van der Waals surface area (Å²) < 4.78 is 78.7. The summed E-state index contributed by atoms with van der Waals surface area (Å²) in [5.41, 5.74) is 3.18. The van der Waals surface area contributed by atoms with Crippen molar-refractivity contribution in [2.75, 3.05) is 0 Å². The van der Waals surface area contributed by atoms with Gasteiger partial charge in [-0.25, -0.2) is 0 Å². The van der Waals surface area contributed by atoms with Crippen molar-refractivity contribution in [2.24, 2.45) is 0 Å². The maximum absolute atomic E-state index is 9.28. The molecule has 0 heterocycles. The summed E-state index contributed by atoms with van der Waals surface area (Å²) in [5.74, 6) is 0. The molecule has 0 saturated heterocycles. The lowest BCUT2D eigenvalue weighted by atomic mass is 9.83. The first-order chi connectivity index (χ1) is 23.6. The Labute approximate surface area is 246 Å². The maximum Gasteiger partial charge on any atom is 0.0629 e. The van der Waals surface area contributed by atoms with Gasteiger partial charge in [0.25, 0.3) is 0 Å². The van der Waals surface area contributed by atoms with Gasteiger partial charge in [-0.3, -0.25) is 0 Å². The maximum atomic E-state index is 9.28. The van der Waals surface area contributed by atoms with Crippen LogP contribution in [-0.4, -0.2) is 0 Å². The van der Waals surface area contributed by atoms with Crippen LogP contribution in [-0.2, 0) is 0 Å². The summed E-state index contributed by atoms with van der Waals surface area (Å²) in [6, 6.07) is 29.7. The van der Waals surface area contributed by atoms with Crippen LogP contribution in [0.3, 0.4) is 0 Å². The fourth-order valence-electron chi connectivity index (χ4n) is 6.00. The number of benzene rings is 8. The Bertz CT molecular complexity index is 2690. The molecule has 0 amide bonds. The Hall–Kier alpha value is -5.20.